The fourth-order valence-electron chi connectivity index (χ4n) is 17.0. The molecule has 0 aliphatic carbocycles. The highest BCUT2D eigenvalue weighted by Crippen LogP contribution is 2.46. The number of nitrogens with zero attached hydrogens (tertiary/aromatic N) is 6. The molecule has 0 saturated heterocycles. The first-order chi connectivity index (χ1) is 61.0. The third kappa shape index (κ3) is 14.3. The summed E-state index contributed by atoms with van der Waals surface area (Å²) < 4.78 is 7.99. The predicted octanol–water partition coefficient (Wildman–Crippen LogP) is 32.0. The summed E-state index contributed by atoms with van der Waals surface area (Å²) in [6.07, 6.45) is 0. The average Bonchev–Trinajstić information content (AvgIpc) is 1.76. The molecule has 0 atom stereocenters. The molecule has 0 spiro atoms. The second-order valence-electron chi connectivity index (χ2n) is 30.6. The Hall–Kier alpha value is -15.4. The molecule has 0 N–H and O–H groups in total. The lowest BCUT2D eigenvalue weighted by Crippen LogP contribution is -1.97. The van der Waals surface area contributed by atoms with E-state index in [-0.39, 0.29) is 0 Å². The highest BCUT2D eigenvalue weighted by Gasteiger charge is 2.21. The van der Waals surface area contributed by atoms with Gasteiger partial charge in [-0.15, -0.1) is 34.0 Å². The monoisotopic (exact) mass is 1620 g/mol. The number of fused-ring (bicyclic) bond motifs is 12. The molecule has 6 nitrogen and oxygen atoms in total. The zero-order chi connectivity index (χ0) is 81.5. The maximum atomic E-state index is 5.28. The van der Waals surface area contributed by atoms with Crippen LogP contribution in [-0.2, 0) is 0 Å². The van der Waals surface area contributed by atoms with Crippen LogP contribution in [0.3, 0.4) is 0 Å². The quantitative estimate of drug-likeness (QED) is 0.121. The molecule has 0 unspecified atom stereocenters. The van der Waals surface area contributed by atoms with Crippen molar-refractivity contribution in [3.05, 3.63) is 437 Å². The van der Waals surface area contributed by atoms with Crippen molar-refractivity contribution < 1.29 is 0 Å². The van der Waals surface area contributed by atoms with Crippen molar-refractivity contribution in [2.45, 2.75) is 0 Å². The maximum absolute atomic E-state index is 5.28. The number of aromatic nitrogens is 6. The molecule has 123 heavy (non-hydrogen) atoms. The number of hydrogen-bond acceptors (Lipinski definition) is 9. The van der Waals surface area contributed by atoms with Crippen LogP contribution in [0.1, 0.15) is 0 Å². The lowest BCUT2D eigenvalue weighted by molar-refractivity contribution is 1.23. The van der Waals surface area contributed by atoms with Gasteiger partial charge in [-0.1, -0.05) is 388 Å². The summed E-state index contributed by atoms with van der Waals surface area (Å²) in [7, 11) is 0. The highest BCUT2D eigenvalue weighted by molar-refractivity contribution is 7.27. The summed E-state index contributed by atoms with van der Waals surface area (Å²) in [5.74, 6) is 0.740. The van der Waals surface area contributed by atoms with Crippen molar-refractivity contribution in [2.75, 3.05) is 0 Å². The topological polar surface area (TPSA) is 77.3 Å². The molecule has 6 aromatic heterocycles. The Morgan fingerprint density at radius 3 is 0.870 bits per heavy atom. The van der Waals surface area contributed by atoms with E-state index < -0.39 is 0 Å². The molecular formula is C114H72N6S3. The van der Waals surface area contributed by atoms with E-state index in [2.05, 4.69) is 352 Å². The van der Waals surface area contributed by atoms with Gasteiger partial charge in [-0.05, 0) is 110 Å². The molecule has 576 valence electrons. The molecule has 0 radical (unpaired) electrons. The third-order valence-corrected chi connectivity index (χ3v) is 26.8. The minimum atomic E-state index is 0.740. The van der Waals surface area contributed by atoms with Gasteiger partial charge in [0, 0.05) is 105 Å². The normalized spacial score (nSPS) is 11.4. The number of thiophene rings is 3. The van der Waals surface area contributed by atoms with E-state index in [9.17, 15) is 0 Å². The molecule has 0 bridgehead atoms. The van der Waals surface area contributed by atoms with Crippen LogP contribution in [0.25, 0.3) is 228 Å². The van der Waals surface area contributed by atoms with Crippen molar-refractivity contribution in [1.29, 1.82) is 0 Å². The molecule has 0 fully saturated rings. The third-order valence-electron chi connectivity index (χ3n) is 23.1. The number of para-hydroxylation sites is 1. The molecule has 24 rings (SSSR count). The second-order valence-corrected chi connectivity index (χ2v) is 33.8. The molecule has 9 heteroatoms. The SMILES string of the molecule is c1ccc(-c2nc(-c3ccccc3)c3cc(-c4ccc(-c5cccc6c5sc5ccccc56)cc4)ccc3n2)cc1.c1ccc(-c2nc3ccc(-c4ccc(-c5cccc6c5sc5ccccc56)cc4)cc3nc2-c2ccccc2)cc1.c1ccc(-c2nc3cccc(-c4ccc(-c5cccc6c5sc5ccccc56)cc4)c3nc2-c2ccccc2)cc1. The minimum absolute atomic E-state index is 0.740. The first-order valence-corrected chi connectivity index (χ1v) is 43.7. The predicted molar refractivity (Wildman–Crippen MR) is 523 cm³/mol. The molecule has 6 heterocycles. The molecule has 0 saturated carbocycles. The Balaban J connectivity index is 0.000000110. The Bertz CT molecular complexity index is 8020. The fourth-order valence-corrected chi connectivity index (χ4v) is 20.7. The Labute approximate surface area is 723 Å². The summed E-state index contributed by atoms with van der Waals surface area (Å²) >= 11 is 5.61. The Kier molecular flexibility index (Phi) is 19.5. The Morgan fingerprint density at radius 1 is 0.146 bits per heavy atom. The second kappa shape index (κ2) is 32.4. The van der Waals surface area contributed by atoms with Crippen LogP contribution in [0.5, 0.6) is 0 Å². The summed E-state index contributed by atoms with van der Waals surface area (Å²) in [5.41, 5.74) is 29.7. The molecule has 24 aromatic rings. The number of hydrogen-bond donors (Lipinski definition) is 0. The van der Waals surface area contributed by atoms with Crippen molar-refractivity contribution in [2.24, 2.45) is 0 Å². The van der Waals surface area contributed by atoms with E-state index >= 15 is 0 Å². The average molecular weight is 1620 g/mol. The van der Waals surface area contributed by atoms with E-state index in [4.69, 9.17) is 29.9 Å². The van der Waals surface area contributed by atoms with Gasteiger partial charge in [0.05, 0.1) is 56.1 Å². The van der Waals surface area contributed by atoms with Gasteiger partial charge in [0.15, 0.2) is 5.82 Å². The standard InChI is InChI=1S/3C38H24N2S/c1-3-11-27(12-4-1)35-36(28-13-5-2-6-14-28)40-37-29(16-10-19-33(37)39-35)25-21-23-26(24-22-25)30-17-9-18-32-31-15-7-8-20-34(31)41-38(30)32;1-3-10-27(11-4-1)36-33-24-29(22-23-34(33)39-38(40-36)28-12-5-2-6-13-28)25-18-20-26(21-19-25)30-15-9-16-32-31-14-7-8-17-35(31)41-37(30)32;1-3-10-27(11-4-1)36-37(28-12-5-2-6-13-28)40-34-24-29(22-23-33(34)39-36)25-18-20-26(21-19-25)30-15-9-16-32-31-14-7-8-17-35(31)41-38(30)32/h3*1-24H. The van der Waals surface area contributed by atoms with Crippen LogP contribution >= 0.6 is 34.0 Å². The van der Waals surface area contributed by atoms with Gasteiger partial charge in [0.25, 0.3) is 0 Å². The van der Waals surface area contributed by atoms with Crippen LogP contribution in [0, 0.1) is 0 Å². The summed E-state index contributed by atoms with van der Waals surface area (Å²) in [6, 6.07) is 154. The summed E-state index contributed by atoms with van der Waals surface area (Å²) in [4.78, 5) is 30.7. The zero-order valence-electron chi connectivity index (χ0n) is 66.5. The van der Waals surface area contributed by atoms with Gasteiger partial charge in [-0.25, -0.2) is 29.9 Å². The van der Waals surface area contributed by atoms with Crippen molar-refractivity contribution >= 4 is 127 Å². The first-order valence-electron chi connectivity index (χ1n) is 41.3. The van der Waals surface area contributed by atoms with E-state index in [0.717, 1.165) is 128 Å². The van der Waals surface area contributed by atoms with E-state index in [1.54, 1.807) is 0 Å². The fraction of sp³-hybridized carbons (Fsp3) is 0. The molecule has 18 aromatic carbocycles. The smallest absolute Gasteiger partial charge is 0.160 e. The zero-order valence-corrected chi connectivity index (χ0v) is 68.9. The van der Waals surface area contributed by atoms with Gasteiger partial charge in [-0.3, -0.25) is 0 Å². The minimum Gasteiger partial charge on any atom is -0.244 e. The van der Waals surface area contributed by atoms with Crippen molar-refractivity contribution in [3.8, 4) is 134 Å². The van der Waals surface area contributed by atoms with Gasteiger partial charge in [0.1, 0.15) is 0 Å². The molecule has 0 amide bonds. The van der Waals surface area contributed by atoms with Crippen LogP contribution in [0.2, 0.25) is 0 Å². The van der Waals surface area contributed by atoms with Gasteiger partial charge < -0.3 is 0 Å². The van der Waals surface area contributed by atoms with Crippen LogP contribution in [0.15, 0.2) is 437 Å². The van der Waals surface area contributed by atoms with E-state index in [0.29, 0.717) is 0 Å². The summed E-state index contributed by atoms with van der Waals surface area (Å²) in [6.45, 7) is 0. The lowest BCUT2D eigenvalue weighted by Gasteiger charge is -2.13. The van der Waals surface area contributed by atoms with Crippen molar-refractivity contribution in [3.63, 3.8) is 0 Å². The molecular weight excluding hydrogens is 1550 g/mol. The number of benzene rings is 18. The molecule has 0 aliphatic heterocycles. The van der Waals surface area contributed by atoms with E-state index in [1.807, 2.05) is 119 Å². The highest BCUT2D eigenvalue weighted by atomic mass is 32.1. The van der Waals surface area contributed by atoms with Crippen LogP contribution in [-0.4, -0.2) is 29.9 Å². The number of rotatable bonds is 12. The van der Waals surface area contributed by atoms with Crippen molar-refractivity contribution in [1.82, 2.24) is 29.9 Å². The maximum Gasteiger partial charge on any atom is 0.160 e. The van der Waals surface area contributed by atoms with Gasteiger partial charge in [-0.2, -0.15) is 0 Å². The first kappa shape index (κ1) is 74.0. The lowest BCUT2D eigenvalue weighted by atomic mass is 9.97. The molecule has 0 aliphatic rings. The van der Waals surface area contributed by atoms with E-state index in [1.165, 1.54) is 99.5 Å². The Morgan fingerprint density at radius 2 is 0.447 bits per heavy atom. The van der Waals surface area contributed by atoms with Crippen LogP contribution < -0.4 is 0 Å². The largest absolute Gasteiger partial charge is 0.244 e. The van der Waals surface area contributed by atoms with Gasteiger partial charge >= 0.3 is 0 Å². The summed E-state index contributed by atoms with van der Waals surface area (Å²) in [5, 5.41) is 8.99. The van der Waals surface area contributed by atoms with Gasteiger partial charge in [0.2, 0.25) is 0 Å². The van der Waals surface area contributed by atoms with Crippen LogP contribution in [0.4, 0.5) is 0 Å².